The van der Waals surface area contributed by atoms with Crippen molar-refractivity contribution >= 4 is 17.7 Å². The zero-order valence-electron chi connectivity index (χ0n) is 20.5. The van der Waals surface area contributed by atoms with E-state index in [-0.39, 0.29) is 31.8 Å². The Labute approximate surface area is 201 Å². The summed E-state index contributed by atoms with van der Waals surface area (Å²) in [6, 6.07) is 12.4. The number of hydrogen-bond acceptors (Lipinski definition) is 7. The minimum atomic E-state index is -0.649. The molecule has 1 N–H and O–H groups in total. The quantitative estimate of drug-likeness (QED) is 0.528. The molecule has 3 rings (SSSR count). The van der Waals surface area contributed by atoms with Gasteiger partial charge >= 0.3 is 12.1 Å². The number of nitrogens with zero attached hydrogens (tertiary/aromatic N) is 1. The van der Waals surface area contributed by atoms with E-state index in [4.69, 9.17) is 18.9 Å². The van der Waals surface area contributed by atoms with Gasteiger partial charge in [-0.25, -0.2) is 4.79 Å². The largest absolute Gasteiger partial charge is 0.493 e. The number of esters is 1. The average Bonchev–Trinajstić information content (AvgIpc) is 2.86. The van der Waals surface area contributed by atoms with E-state index in [0.717, 1.165) is 16.8 Å². The van der Waals surface area contributed by atoms with Crippen molar-refractivity contribution in [3.63, 3.8) is 0 Å². The van der Waals surface area contributed by atoms with E-state index in [1.807, 2.05) is 49.4 Å². The monoisotopic (exact) mass is 470 g/mol. The molecule has 1 heterocycles. The first-order valence-corrected chi connectivity index (χ1v) is 11.6. The van der Waals surface area contributed by atoms with Gasteiger partial charge in [0.05, 0.1) is 33.5 Å². The number of anilines is 1. The maximum Gasteiger partial charge on any atom is 0.410 e. The molecule has 0 spiro atoms. The predicted molar refractivity (Wildman–Crippen MR) is 129 cm³/mol. The second-order valence-corrected chi connectivity index (χ2v) is 7.99. The second kappa shape index (κ2) is 11.6. The van der Waals surface area contributed by atoms with E-state index in [1.165, 1.54) is 0 Å². The van der Waals surface area contributed by atoms with E-state index in [1.54, 1.807) is 33.0 Å². The summed E-state index contributed by atoms with van der Waals surface area (Å²) in [5.41, 5.74) is 2.44. The minimum absolute atomic E-state index is 0.217. The van der Waals surface area contributed by atoms with Gasteiger partial charge in [-0.1, -0.05) is 37.3 Å². The fourth-order valence-corrected chi connectivity index (χ4v) is 4.48. The number of carbonyl (C=O) groups excluding carboxylic acids is 2. The van der Waals surface area contributed by atoms with E-state index in [2.05, 4.69) is 5.32 Å². The number of benzene rings is 2. The van der Waals surface area contributed by atoms with Crippen LogP contribution in [0, 0.1) is 5.92 Å². The average molecular weight is 471 g/mol. The summed E-state index contributed by atoms with van der Waals surface area (Å²) >= 11 is 0. The number of fused-ring (bicyclic) bond motifs is 1. The van der Waals surface area contributed by atoms with Crippen LogP contribution in [0.5, 0.6) is 11.5 Å². The Kier molecular flexibility index (Phi) is 8.62. The Morgan fingerprint density at radius 2 is 1.59 bits per heavy atom. The Balaban J connectivity index is 2.22. The lowest BCUT2D eigenvalue weighted by molar-refractivity contribution is -0.151. The van der Waals surface area contributed by atoms with Crippen LogP contribution in [0.3, 0.4) is 0 Å². The van der Waals surface area contributed by atoms with Crippen LogP contribution in [0.4, 0.5) is 10.5 Å². The number of methoxy groups -OCH3 is 2. The second-order valence-electron chi connectivity index (χ2n) is 7.99. The van der Waals surface area contributed by atoms with Crippen LogP contribution in [0.1, 0.15) is 44.4 Å². The lowest BCUT2D eigenvalue weighted by Crippen LogP contribution is -2.50. The molecule has 1 unspecified atom stereocenters. The molecule has 1 amide bonds. The Hall–Kier alpha value is -3.42. The van der Waals surface area contributed by atoms with Crippen LogP contribution < -0.4 is 14.8 Å². The third-order valence-electron chi connectivity index (χ3n) is 6.02. The number of carbonyl (C=O) groups is 2. The molecule has 3 atom stereocenters. The summed E-state index contributed by atoms with van der Waals surface area (Å²) in [4.78, 5) is 28.3. The van der Waals surface area contributed by atoms with Crippen molar-refractivity contribution < 1.29 is 28.5 Å². The maximum atomic E-state index is 13.3. The molecule has 2 aromatic carbocycles. The molecule has 34 heavy (non-hydrogen) atoms. The molecule has 0 fully saturated rings. The zero-order valence-corrected chi connectivity index (χ0v) is 20.5. The van der Waals surface area contributed by atoms with Gasteiger partial charge in [-0.15, -0.1) is 0 Å². The number of amides is 1. The highest BCUT2D eigenvalue weighted by molar-refractivity contribution is 5.80. The molecule has 0 aromatic heterocycles. The first-order valence-electron chi connectivity index (χ1n) is 11.6. The molecule has 8 heteroatoms. The normalized spacial score (nSPS) is 18.8. The summed E-state index contributed by atoms with van der Waals surface area (Å²) in [6.45, 7) is 6.27. The van der Waals surface area contributed by atoms with E-state index < -0.39 is 18.1 Å². The van der Waals surface area contributed by atoms with Crippen LogP contribution in [0.25, 0.3) is 0 Å². The van der Waals surface area contributed by atoms with Crippen LogP contribution >= 0.6 is 0 Å². The Bertz CT molecular complexity index is 981. The molecular weight excluding hydrogens is 436 g/mol. The Morgan fingerprint density at radius 1 is 0.941 bits per heavy atom. The Morgan fingerprint density at radius 3 is 2.18 bits per heavy atom. The van der Waals surface area contributed by atoms with Crippen molar-refractivity contribution in [1.29, 1.82) is 0 Å². The van der Waals surface area contributed by atoms with Crippen LogP contribution in [-0.2, 0) is 20.8 Å². The van der Waals surface area contributed by atoms with Crippen molar-refractivity contribution in [3.05, 3.63) is 53.6 Å². The highest BCUT2D eigenvalue weighted by atomic mass is 16.6. The van der Waals surface area contributed by atoms with Crippen LogP contribution in [0.2, 0.25) is 0 Å². The summed E-state index contributed by atoms with van der Waals surface area (Å²) < 4.78 is 22.0. The maximum absolute atomic E-state index is 13.3. The predicted octanol–water partition coefficient (Wildman–Crippen LogP) is 4.79. The molecule has 184 valence electrons. The molecule has 0 saturated heterocycles. The van der Waals surface area contributed by atoms with Crippen LogP contribution in [-0.4, -0.2) is 50.4 Å². The topological polar surface area (TPSA) is 86.3 Å². The molecule has 8 nitrogen and oxygen atoms in total. The molecule has 2 aromatic rings. The number of hydrogen-bond donors (Lipinski definition) is 1. The van der Waals surface area contributed by atoms with Gasteiger partial charge in [0, 0.05) is 29.9 Å². The van der Waals surface area contributed by atoms with Crippen molar-refractivity contribution in [2.24, 2.45) is 5.92 Å². The lowest BCUT2D eigenvalue weighted by atomic mass is 9.80. The molecule has 0 saturated carbocycles. The smallest absolute Gasteiger partial charge is 0.410 e. The third-order valence-corrected chi connectivity index (χ3v) is 6.02. The van der Waals surface area contributed by atoms with Gasteiger partial charge in [0.1, 0.15) is 5.92 Å². The molecule has 0 radical (unpaired) electrons. The van der Waals surface area contributed by atoms with Crippen molar-refractivity contribution in [2.75, 3.05) is 32.8 Å². The van der Waals surface area contributed by atoms with Crippen LogP contribution in [0.15, 0.2) is 42.5 Å². The summed E-state index contributed by atoms with van der Waals surface area (Å²) in [5.74, 6) is 0.0510. The van der Waals surface area contributed by atoms with E-state index in [9.17, 15) is 9.59 Å². The van der Waals surface area contributed by atoms with Gasteiger partial charge in [-0.05, 0) is 31.9 Å². The van der Waals surface area contributed by atoms with Gasteiger partial charge in [0.2, 0.25) is 0 Å². The molecule has 0 bridgehead atoms. The van der Waals surface area contributed by atoms with E-state index in [0.29, 0.717) is 17.9 Å². The standard InChI is InChI=1S/C26H34N2O6/c1-6-19-23(25(29)33-7-2)24(18-14-21(31-4)22(32-5)15-20(18)27-19)28(26(30)34-8-3)16-17-12-10-9-11-13-17/h9-15,19,23-24,27H,6-8,16H2,1-5H3/t19-,23-,24?/m1/s1. The summed E-state index contributed by atoms with van der Waals surface area (Å²) in [7, 11) is 3.13. The first kappa shape index (κ1) is 25.2. The van der Waals surface area contributed by atoms with E-state index >= 15 is 0 Å². The fourth-order valence-electron chi connectivity index (χ4n) is 4.48. The van der Waals surface area contributed by atoms with Gasteiger partial charge < -0.3 is 24.3 Å². The van der Waals surface area contributed by atoms with Gasteiger partial charge in [-0.2, -0.15) is 0 Å². The van der Waals surface area contributed by atoms with Crippen molar-refractivity contribution in [2.45, 2.75) is 45.8 Å². The SMILES string of the molecule is CCOC(=O)[C@H]1C(N(Cc2ccccc2)C(=O)OCC)c2cc(OC)c(OC)cc2N[C@@H]1CC. The summed E-state index contributed by atoms with van der Waals surface area (Å²) in [5, 5.41) is 3.47. The van der Waals surface area contributed by atoms with Gasteiger partial charge in [0.25, 0.3) is 0 Å². The third kappa shape index (κ3) is 5.21. The lowest BCUT2D eigenvalue weighted by Gasteiger charge is -2.44. The van der Waals surface area contributed by atoms with Crippen molar-refractivity contribution in [1.82, 2.24) is 4.90 Å². The minimum Gasteiger partial charge on any atom is -0.493 e. The highest BCUT2D eigenvalue weighted by Crippen LogP contribution is 2.47. The van der Waals surface area contributed by atoms with Crippen molar-refractivity contribution in [3.8, 4) is 11.5 Å². The molecule has 1 aliphatic heterocycles. The molecule has 1 aliphatic rings. The fraction of sp³-hybridized carbons (Fsp3) is 0.462. The first-order chi connectivity index (χ1) is 16.5. The summed E-state index contributed by atoms with van der Waals surface area (Å²) in [6.07, 6.45) is 0.151. The molecular formula is C26H34N2O6. The number of rotatable bonds is 9. The highest BCUT2D eigenvalue weighted by Gasteiger charge is 2.46. The number of nitrogens with one attached hydrogen (secondary N) is 1. The van der Waals surface area contributed by atoms with Gasteiger partial charge in [0.15, 0.2) is 11.5 Å². The molecule has 0 aliphatic carbocycles. The zero-order chi connectivity index (χ0) is 24.7. The van der Waals surface area contributed by atoms with Gasteiger partial charge in [-0.3, -0.25) is 9.69 Å². The number of ether oxygens (including phenoxy) is 4.